The predicted octanol–water partition coefficient (Wildman–Crippen LogP) is 3.43. The molecule has 226 valence electrons. The third-order valence-corrected chi connectivity index (χ3v) is 7.15. The minimum atomic E-state index is -0.705. The molecule has 2 aromatic heterocycles. The topological polar surface area (TPSA) is 120 Å². The molecule has 1 saturated heterocycles. The van der Waals surface area contributed by atoms with Gasteiger partial charge in [-0.25, -0.2) is 9.47 Å². The molecule has 12 heteroatoms. The molecule has 0 spiro atoms. The van der Waals surface area contributed by atoms with Crippen molar-refractivity contribution < 1.29 is 38.0 Å². The van der Waals surface area contributed by atoms with Gasteiger partial charge in [-0.05, 0) is 42.0 Å². The Kier molecular flexibility index (Phi) is 8.86. The molecule has 0 amide bonds. The zero-order valence-corrected chi connectivity index (χ0v) is 24.7. The minimum absolute atomic E-state index is 0.0281. The minimum Gasteiger partial charge on any atom is -0.493 e. The highest BCUT2D eigenvalue weighted by molar-refractivity contribution is 6.08. The smallest absolute Gasteiger partial charge is 0.357 e. The van der Waals surface area contributed by atoms with Gasteiger partial charge < -0.3 is 38.2 Å². The van der Waals surface area contributed by atoms with Gasteiger partial charge in [0.2, 0.25) is 5.75 Å². The summed E-state index contributed by atoms with van der Waals surface area (Å²) < 4.78 is 40.7. The van der Waals surface area contributed by atoms with Gasteiger partial charge >= 0.3 is 5.97 Å². The monoisotopic (exact) mass is 591 g/mol. The van der Waals surface area contributed by atoms with Gasteiger partial charge in [0.15, 0.2) is 28.7 Å². The van der Waals surface area contributed by atoms with Gasteiger partial charge in [0.05, 0.1) is 72.9 Å². The Morgan fingerprint density at radius 1 is 0.860 bits per heavy atom. The van der Waals surface area contributed by atoms with Gasteiger partial charge in [0, 0.05) is 17.1 Å². The third kappa shape index (κ3) is 5.61. The van der Waals surface area contributed by atoms with Gasteiger partial charge in [-0.15, -0.1) is 0 Å². The van der Waals surface area contributed by atoms with Crippen LogP contribution in [-0.4, -0.2) is 77.5 Å². The molecule has 1 aliphatic heterocycles. The average molecular weight is 592 g/mol. The Hall–Kier alpha value is -4.97. The fraction of sp³-hybridized carbons (Fsp3) is 0.323. The molecule has 0 unspecified atom stereocenters. The standard InChI is InChI=1S/C31H33N3O9/c1-37-23-16-21-22(17-24(23)43-18-20-8-6-7-9-32-20)30(35)34(33-10-12-42-13-11-33)28(31(36)41-5)27(21)19-14-25(38-2)29(40-4)26(15-19)39-3/h6-9,14-17H,10-13,18H2,1-5H3. The number of morpholine rings is 1. The van der Waals surface area contributed by atoms with E-state index in [1.807, 2.05) is 18.2 Å². The van der Waals surface area contributed by atoms with Crippen LogP contribution in [0.2, 0.25) is 0 Å². The summed E-state index contributed by atoms with van der Waals surface area (Å²) in [5, 5.41) is 2.50. The van der Waals surface area contributed by atoms with Crippen molar-refractivity contribution in [2.45, 2.75) is 6.61 Å². The number of pyridine rings is 2. The van der Waals surface area contributed by atoms with Crippen molar-refractivity contribution in [1.82, 2.24) is 9.66 Å². The van der Waals surface area contributed by atoms with Crippen LogP contribution in [0.4, 0.5) is 0 Å². The fourth-order valence-electron chi connectivity index (χ4n) is 5.13. The lowest BCUT2D eigenvalue weighted by molar-refractivity contribution is 0.0580. The number of aromatic nitrogens is 2. The van der Waals surface area contributed by atoms with E-state index in [2.05, 4.69) is 4.98 Å². The van der Waals surface area contributed by atoms with E-state index in [1.54, 1.807) is 35.5 Å². The van der Waals surface area contributed by atoms with Crippen LogP contribution in [0.25, 0.3) is 21.9 Å². The molecule has 12 nitrogen and oxygen atoms in total. The van der Waals surface area contributed by atoms with Crippen LogP contribution < -0.4 is 34.3 Å². The first-order valence-electron chi connectivity index (χ1n) is 13.5. The first-order valence-corrected chi connectivity index (χ1v) is 13.5. The van der Waals surface area contributed by atoms with Crippen LogP contribution in [0.3, 0.4) is 0 Å². The molecular weight excluding hydrogens is 558 g/mol. The number of esters is 1. The highest BCUT2D eigenvalue weighted by Gasteiger charge is 2.30. The number of nitrogens with zero attached hydrogens (tertiary/aromatic N) is 3. The number of hydrogen-bond donors (Lipinski definition) is 0. The molecule has 4 aromatic rings. The van der Waals surface area contributed by atoms with Crippen molar-refractivity contribution in [3.8, 4) is 39.9 Å². The second-order valence-corrected chi connectivity index (χ2v) is 9.47. The quantitative estimate of drug-likeness (QED) is 0.252. The first-order chi connectivity index (χ1) is 20.9. The molecule has 0 bridgehead atoms. The second kappa shape index (κ2) is 12.9. The Morgan fingerprint density at radius 2 is 1.53 bits per heavy atom. The molecular formula is C31H33N3O9. The Morgan fingerprint density at radius 3 is 2.12 bits per heavy atom. The van der Waals surface area contributed by atoms with Crippen molar-refractivity contribution in [3.63, 3.8) is 0 Å². The Labute approximate surface area is 248 Å². The second-order valence-electron chi connectivity index (χ2n) is 9.47. The summed E-state index contributed by atoms with van der Waals surface area (Å²) in [6.45, 7) is 1.67. The summed E-state index contributed by atoms with van der Waals surface area (Å²) in [5.74, 6) is 1.11. The summed E-state index contributed by atoms with van der Waals surface area (Å²) in [6.07, 6.45) is 1.68. The van der Waals surface area contributed by atoms with Gasteiger partial charge in [-0.2, -0.15) is 0 Å². The van der Waals surface area contributed by atoms with Crippen LogP contribution in [-0.2, 0) is 16.1 Å². The summed E-state index contributed by atoms with van der Waals surface area (Å²) >= 11 is 0. The number of hydrogen-bond acceptors (Lipinski definition) is 11. The van der Waals surface area contributed by atoms with Crippen molar-refractivity contribution in [3.05, 3.63) is 70.4 Å². The maximum absolute atomic E-state index is 14.3. The highest BCUT2D eigenvalue weighted by Crippen LogP contribution is 2.45. The zero-order chi connectivity index (χ0) is 30.5. The van der Waals surface area contributed by atoms with Gasteiger partial charge in [-0.3, -0.25) is 9.78 Å². The summed E-state index contributed by atoms with van der Waals surface area (Å²) in [4.78, 5) is 32.2. The van der Waals surface area contributed by atoms with Crippen LogP contribution in [0, 0.1) is 0 Å². The van der Waals surface area contributed by atoms with E-state index >= 15 is 0 Å². The molecule has 0 atom stereocenters. The lowest BCUT2D eigenvalue weighted by atomic mass is 9.95. The molecule has 2 aromatic carbocycles. The molecule has 43 heavy (non-hydrogen) atoms. The van der Waals surface area contributed by atoms with Crippen molar-refractivity contribution in [2.24, 2.45) is 0 Å². The normalized spacial score (nSPS) is 13.0. The van der Waals surface area contributed by atoms with E-state index in [0.29, 0.717) is 82.6 Å². The average Bonchev–Trinajstić information content (AvgIpc) is 3.06. The van der Waals surface area contributed by atoms with E-state index in [-0.39, 0.29) is 12.3 Å². The first kappa shape index (κ1) is 29.5. The highest BCUT2D eigenvalue weighted by atomic mass is 16.5. The Bertz CT molecular complexity index is 1660. The Balaban J connectivity index is 1.86. The van der Waals surface area contributed by atoms with E-state index in [1.165, 1.54) is 40.2 Å². The maximum atomic E-state index is 14.3. The number of benzene rings is 2. The lowest BCUT2D eigenvalue weighted by Crippen LogP contribution is -2.51. The molecule has 1 fully saturated rings. The van der Waals surface area contributed by atoms with Crippen molar-refractivity contribution in [1.29, 1.82) is 0 Å². The number of methoxy groups -OCH3 is 5. The molecule has 0 aliphatic carbocycles. The summed E-state index contributed by atoms with van der Waals surface area (Å²) in [5.41, 5.74) is 1.22. The molecule has 0 N–H and O–H groups in total. The van der Waals surface area contributed by atoms with Crippen LogP contribution in [0.5, 0.6) is 28.7 Å². The number of carbonyl (C=O) groups is 1. The van der Waals surface area contributed by atoms with Crippen molar-refractivity contribution >= 4 is 16.7 Å². The van der Waals surface area contributed by atoms with Gasteiger partial charge in [0.25, 0.3) is 5.56 Å². The molecule has 0 radical (unpaired) electrons. The number of fused-ring (bicyclic) bond motifs is 1. The molecule has 5 rings (SSSR count). The van der Waals surface area contributed by atoms with Gasteiger partial charge in [0.1, 0.15) is 6.61 Å². The zero-order valence-electron chi connectivity index (χ0n) is 24.7. The lowest BCUT2D eigenvalue weighted by Gasteiger charge is -2.33. The summed E-state index contributed by atoms with van der Waals surface area (Å²) in [7, 11) is 7.29. The predicted molar refractivity (Wildman–Crippen MR) is 159 cm³/mol. The van der Waals surface area contributed by atoms with E-state index in [9.17, 15) is 9.59 Å². The fourth-order valence-corrected chi connectivity index (χ4v) is 5.13. The molecule has 0 saturated carbocycles. The third-order valence-electron chi connectivity index (χ3n) is 7.15. The van der Waals surface area contributed by atoms with E-state index < -0.39 is 11.5 Å². The van der Waals surface area contributed by atoms with Gasteiger partial charge in [-0.1, -0.05) is 6.07 Å². The molecule has 3 heterocycles. The SMILES string of the molecule is COC(=O)c1c(-c2cc(OC)c(OC)c(OC)c2)c2cc(OC)c(OCc3ccccn3)cc2c(=O)n1N1CCOCC1. The van der Waals surface area contributed by atoms with Crippen LogP contribution in [0.1, 0.15) is 16.2 Å². The largest absolute Gasteiger partial charge is 0.493 e. The van der Waals surface area contributed by atoms with Crippen molar-refractivity contribution in [2.75, 3.05) is 66.9 Å². The number of rotatable bonds is 10. The number of carbonyl (C=O) groups excluding carboxylic acids is 1. The number of ether oxygens (including phenoxy) is 7. The maximum Gasteiger partial charge on any atom is 0.357 e. The van der Waals surface area contributed by atoms with Crippen LogP contribution in [0.15, 0.2) is 53.5 Å². The van der Waals surface area contributed by atoms with E-state index in [0.717, 1.165) is 0 Å². The molecule has 1 aliphatic rings. The van der Waals surface area contributed by atoms with Crippen LogP contribution >= 0.6 is 0 Å². The summed E-state index contributed by atoms with van der Waals surface area (Å²) in [6, 6.07) is 12.3. The van der Waals surface area contributed by atoms with E-state index in [4.69, 9.17) is 33.2 Å².